The van der Waals surface area contributed by atoms with Crippen LogP contribution in [0.15, 0.2) is 101 Å². The third-order valence-corrected chi connectivity index (χ3v) is 6.37. The summed E-state index contributed by atoms with van der Waals surface area (Å²) < 4.78 is 6.09. The summed E-state index contributed by atoms with van der Waals surface area (Å²) in [5, 5.41) is 5.35. The largest absolute Gasteiger partial charge is 0.455 e. The van der Waals surface area contributed by atoms with E-state index >= 15 is 0 Å². The van der Waals surface area contributed by atoms with Crippen molar-refractivity contribution >= 4 is 22.7 Å². The summed E-state index contributed by atoms with van der Waals surface area (Å²) in [6.07, 6.45) is 2.02. The maximum Gasteiger partial charge on any atom is 0.339 e. The molecule has 1 saturated carbocycles. The smallest absolute Gasteiger partial charge is 0.339 e. The Kier molecular flexibility index (Phi) is 5.36. The molecule has 0 saturated heterocycles. The minimum Gasteiger partial charge on any atom is -0.455 e. The lowest BCUT2D eigenvalue weighted by Crippen LogP contribution is -2.42. The number of benzene rings is 3. The van der Waals surface area contributed by atoms with Crippen molar-refractivity contribution in [3.63, 3.8) is 0 Å². The van der Waals surface area contributed by atoms with Crippen molar-refractivity contribution in [2.45, 2.75) is 31.6 Å². The number of furan rings is 1. The number of fused-ring (bicyclic) bond motifs is 1. The van der Waals surface area contributed by atoms with Crippen LogP contribution >= 0.6 is 0 Å². The van der Waals surface area contributed by atoms with Crippen molar-refractivity contribution in [3.05, 3.63) is 108 Å². The zero-order valence-electron chi connectivity index (χ0n) is 18.0. The lowest BCUT2D eigenvalue weighted by molar-refractivity contribution is -0.142. The van der Waals surface area contributed by atoms with Crippen molar-refractivity contribution in [2.75, 3.05) is 0 Å². The lowest BCUT2D eigenvalue weighted by Gasteiger charge is -2.45. The summed E-state index contributed by atoms with van der Waals surface area (Å²) in [6.45, 7) is 2.27. The van der Waals surface area contributed by atoms with Crippen LogP contribution in [0.5, 0.6) is 0 Å². The van der Waals surface area contributed by atoms with Gasteiger partial charge in [-0.15, -0.1) is 0 Å². The monoisotopic (exact) mass is 423 g/mol. The second-order valence-corrected chi connectivity index (χ2v) is 8.78. The van der Waals surface area contributed by atoms with E-state index < -0.39 is 0 Å². The first kappa shape index (κ1) is 20.3. The number of carbonyl (C=O) groups is 1. The minimum atomic E-state index is -0.380. The topological polar surface area (TPSA) is 51.8 Å². The van der Waals surface area contributed by atoms with E-state index in [9.17, 15) is 4.79 Å². The Morgan fingerprint density at radius 2 is 1.62 bits per heavy atom. The van der Waals surface area contributed by atoms with Crippen molar-refractivity contribution in [3.8, 4) is 0 Å². The van der Waals surface area contributed by atoms with Crippen LogP contribution in [-0.4, -0.2) is 11.7 Å². The molecule has 4 nitrogen and oxygen atoms in total. The normalized spacial score (nSPS) is 20.7. The van der Waals surface area contributed by atoms with Gasteiger partial charge in [0.25, 0.3) is 0 Å². The Morgan fingerprint density at radius 1 is 0.969 bits per heavy atom. The fraction of sp³-hybridized carbons (Fsp3) is 0.214. The standard InChI is InChI=1S/C28H25NO3/c1-28(23-13-6-3-7-14-23)18-22(19-28)27(25-17-21-12-8-9-15-24(21)31-25)29-32-26(30)16-20-10-4-2-5-11-20/h2-15,17,22H,16,18-19H2,1H3/b29-27+. The van der Waals surface area contributed by atoms with Gasteiger partial charge in [-0.25, -0.2) is 4.79 Å². The number of carbonyl (C=O) groups excluding carboxylic acids is 1. The quantitative estimate of drug-likeness (QED) is 0.208. The molecule has 0 bridgehead atoms. The summed E-state index contributed by atoms with van der Waals surface area (Å²) in [4.78, 5) is 17.8. The van der Waals surface area contributed by atoms with Gasteiger partial charge >= 0.3 is 5.97 Å². The molecule has 0 radical (unpaired) electrons. The molecule has 4 aromatic rings. The van der Waals surface area contributed by atoms with Crippen LogP contribution < -0.4 is 0 Å². The predicted octanol–water partition coefficient (Wildman–Crippen LogP) is 6.29. The van der Waals surface area contributed by atoms with Crippen LogP contribution in [0.3, 0.4) is 0 Å². The molecule has 3 aromatic carbocycles. The molecule has 1 aliphatic rings. The average molecular weight is 424 g/mol. The highest BCUT2D eigenvalue weighted by Crippen LogP contribution is 2.49. The van der Waals surface area contributed by atoms with Crippen molar-refractivity contribution in [2.24, 2.45) is 11.1 Å². The maximum absolute atomic E-state index is 12.4. The summed E-state index contributed by atoms with van der Waals surface area (Å²) in [5.41, 5.74) is 3.80. The highest BCUT2D eigenvalue weighted by atomic mass is 16.7. The molecule has 0 spiro atoms. The highest BCUT2D eigenvalue weighted by Gasteiger charge is 2.45. The molecule has 0 N–H and O–H groups in total. The molecule has 160 valence electrons. The van der Waals surface area contributed by atoms with Gasteiger partial charge < -0.3 is 9.25 Å². The van der Waals surface area contributed by atoms with Gasteiger partial charge in [0.15, 0.2) is 5.76 Å². The molecular weight excluding hydrogens is 398 g/mol. The van der Waals surface area contributed by atoms with E-state index in [1.54, 1.807) is 0 Å². The highest BCUT2D eigenvalue weighted by molar-refractivity contribution is 6.03. The summed E-state index contributed by atoms with van der Waals surface area (Å²) in [7, 11) is 0. The number of nitrogens with zero attached hydrogens (tertiary/aromatic N) is 1. The fourth-order valence-electron chi connectivity index (χ4n) is 4.62. The third kappa shape index (κ3) is 4.09. The summed E-state index contributed by atoms with van der Waals surface area (Å²) in [5.74, 6) is 0.444. The van der Waals surface area contributed by atoms with Gasteiger partial charge in [-0.2, -0.15) is 0 Å². The lowest BCUT2D eigenvalue weighted by atomic mass is 9.58. The number of hydrogen-bond donors (Lipinski definition) is 0. The Morgan fingerprint density at radius 3 is 2.34 bits per heavy atom. The fourth-order valence-corrected chi connectivity index (χ4v) is 4.62. The number of para-hydroxylation sites is 1. The Hall–Kier alpha value is -3.66. The van der Waals surface area contributed by atoms with Gasteiger partial charge in [0.05, 0.1) is 6.42 Å². The molecule has 4 heteroatoms. The maximum atomic E-state index is 12.4. The van der Waals surface area contributed by atoms with E-state index in [-0.39, 0.29) is 23.7 Å². The number of rotatable bonds is 6. The van der Waals surface area contributed by atoms with Crippen LogP contribution in [0.4, 0.5) is 0 Å². The molecule has 1 fully saturated rings. The predicted molar refractivity (Wildman–Crippen MR) is 126 cm³/mol. The summed E-state index contributed by atoms with van der Waals surface area (Å²) in [6, 6.07) is 29.9. The number of oxime groups is 1. The molecule has 1 aromatic heterocycles. The van der Waals surface area contributed by atoms with Gasteiger partial charge in [-0.05, 0) is 41.5 Å². The first-order chi connectivity index (χ1) is 15.6. The van der Waals surface area contributed by atoms with Gasteiger partial charge in [0, 0.05) is 11.3 Å². The van der Waals surface area contributed by atoms with E-state index in [0.717, 1.165) is 29.4 Å². The molecule has 1 aliphatic carbocycles. The first-order valence-corrected chi connectivity index (χ1v) is 11.0. The van der Waals surface area contributed by atoms with E-state index in [1.807, 2.05) is 66.7 Å². The van der Waals surface area contributed by atoms with Crippen molar-refractivity contribution in [1.82, 2.24) is 0 Å². The van der Waals surface area contributed by atoms with E-state index in [0.29, 0.717) is 11.5 Å². The van der Waals surface area contributed by atoms with Crippen LogP contribution in [0.1, 0.15) is 36.7 Å². The molecular formula is C28H25NO3. The molecule has 0 amide bonds. The molecule has 5 rings (SSSR count). The van der Waals surface area contributed by atoms with Crippen LogP contribution in [0.25, 0.3) is 11.0 Å². The van der Waals surface area contributed by atoms with Crippen LogP contribution in [-0.2, 0) is 21.5 Å². The van der Waals surface area contributed by atoms with Crippen molar-refractivity contribution < 1.29 is 14.0 Å². The van der Waals surface area contributed by atoms with Gasteiger partial charge in [-0.3, -0.25) is 0 Å². The zero-order valence-corrected chi connectivity index (χ0v) is 18.0. The first-order valence-electron chi connectivity index (χ1n) is 11.0. The molecule has 0 unspecified atom stereocenters. The second kappa shape index (κ2) is 8.46. The zero-order chi connectivity index (χ0) is 22.0. The SMILES string of the molecule is CC1(c2ccccc2)CC(/C(=N\OC(=O)Cc2ccccc2)c2cc3ccccc3o2)C1. The Balaban J connectivity index is 1.39. The Labute approximate surface area is 187 Å². The Bertz CT molecular complexity index is 1220. The van der Waals surface area contributed by atoms with Crippen LogP contribution in [0, 0.1) is 5.92 Å². The molecule has 0 atom stereocenters. The summed E-state index contributed by atoms with van der Waals surface area (Å²) >= 11 is 0. The van der Waals surface area contributed by atoms with Gasteiger partial charge in [0.2, 0.25) is 0 Å². The van der Waals surface area contributed by atoms with Crippen LogP contribution in [0.2, 0.25) is 0 Å². The molecule has 32 heavy (non-hydrogen) atoms. The van der Waals surface area contributed by atoms with Gasteiger partial charge in [-0.1, -0.05) is 90.9 Å². The van der Waals surface area contributed by atoms with E-state index in [1.165, 1.54) is 5.56 Å². The van der Waals surface area contributed by atoms with Crippen molar-refractivity contribution in [1.29, 1.82) is 0 Å². The molecule has 1 heterocycles. The average Bonchev–Trinajstić information content (AvgIpc) is 3.23. The van der Waals surface area contributed by atoms with E-state index in [2.05, 4.69) is 36.3 Å². The minimum absolute atomic E-state index is 0.0762. The van der Waals surface area contributed by atoms with Gasteiger partial charge in [0.1, 0.15) is 11.3 Å². The third-order valence-electron chi connectivity index (χ3n) is 6.37. The van der Waals surface area contributed by atoms with E-state index in [4.69, 9.17) is 9.25 Å². The number of hydrogen-bond acceptors (Lipinski definition) is 4. The molecule has 0 aliphatic heterocycles. The second-order valence-electron chi connectivity index (χ2n) is 8.78.